The van der Waals surface area contributed by atoms with Gasteiger partial charge in [0.2, 0.25) is 0 Å². The highest BCUT2D eigenvalue weighted by molar-refractivity contribution is 6.42. The highest BCUT2D eigenvalue weighted by Crippen LogP contribution is 2.37. The van der Waals surface area contributed by atoms with Crippen LogP contribution in [0.3, 0.4) is 0 Å². The lowest BCUT2D eigenvalue weighted by molar-refractivity contribution is -0.0444. The number of amides is 2. The summed E-state index contributed by atoms with van der Waals surface area (Å²) < 4.78 is 11.6. The fourth-order valence-corrected chi connectivity index (χ4v) is 6.43. The third-order valence-corrected chi connectivity index (χ3v) is 9.48. The van der Waals surface area contributed by atoms with Gasteiger partial charge in [-0.3, -0.25) is 9.69 Å². The number of likely N-dealkylation sites (tertiary alicyclic amines) is 2. The van der Waals surface area contributed by atoms with E-state index < -0.39 is 11.6 Å². The van der Waals surface area contributed by atoms with Crippen LogP contribution in [0.4, 0.5) is 10.5 Å². The molecule has 4 N–H and O–H groups in total. The average molecular weight is 628 g/mol. The Morgan fingerprint density at radius 2 is 1.80 bits per heavy atom. The van der Waals surface area contributed by atoms with Crippen molar-refractivity contribution in [1.29, 1.82) is 0 Å². The molecule has 2 aliphatic heterocycles. The van der Waals surface area contributed by atoms with Gasteiger partial charge in [0.1, 0.15) is 23.1 Å². The molecule has 2 heterocycles. The number of hydrogen-bond donors (Lipinski definition) is 3. The second kappa shape index (κ2) is 13.6. The first-order chi connectivity index (χ1) is 19.5. The minimum atomic E-state index is -0.919. The molecule has 4 rings (SSSR count). The average Bonchev–Trinajstić information content (AvgIpc) is 2.97. The van der Waals surface area contributed by atoms with Crippen LogP contribution in [0, 0.1) is 5.92 Å². The first-order valence-corrected chi connectivity index (χ1v) is 14.9. The summed E-state index contributed by atoms with van der Waals surface area (Å²) in [6, 6.07) is 8.06. The number of benzene rings is 2. The zero-order valence-corrected chi connectivity index (χ0v) is 25.6. The van der Waals surface area contributed by atoms with Crippen molar-refractivity contribution in [3.63, 3.8) is 0 Å². The van der Waals surface area contributed by atoms with Crippen molar-refractivity contribution in [3.05, 3.63) is 51.0 Å². The number of carboxylic acid groups (broad SMARTS) is 1. The van der Waals surface area contributed by atoms with E-state index in [4.69, 9.17) is 50.0 Å². The van der Waals surface area contributed by atoms with Gasteiger partial charge >= 0.3 is 6.09 Å². The Morgan fingerprint density at radius 3 is 2.49 bits per heavy atom. The Kier molecular flexibility index (Phi) is 10.4. The first kappa shape index (κ1) is 31.3. The highest BCUT2D eigenvalue weighted by Gasteiger charge is 2.47. The van der Waals surface area contributed by atoms with Crippen molar-refractivity contribution in [3.8, 4) is 11.5 Å². The number of nitrogens with zero attached hydrogens (tertiary/aromatic N) is 2. The molecule has 0 bridgehead atoms. The molecule has 0 aliphatic carbocycles. The molecule has 0 aromatic heterocycles. The monoisotopic (exact) mass is 626 g/mol. The van der Waals surface area contributed by atoms with Crippen LogP contribution in [0.25, 0.3) is 0 Å². The molecular weight excluding hydrogens is 591 g/mol. The quantitative estimate of drug-likeness (QED) is 0.290. The lowest BCUT2D eigenvalue weighted by Gasteiger charge is -2.52. The predicted molar refractivity (Wildman–Crippen MR) is 162 cm³/mol. The number of ether oxygens (including phenoxy) is 2. The molecule has 224 valence electrons. The number of rotatable bonds is 9. The van der Waals surface area contributed by atoms with Crippen molar-refractivity contribution in [2.45, 2.75) is 50.6 Å². The summed E-state index contributed by atoms with van der Waals surface area (Å²) in [5, 5.41) is 14.1. The van der Waals surface area contributed by atoms with Crippen LogP contribution in [-0.2, 0) is 0 Å². The number of hydrogen-bond acceptors (Lipinski definition) is 6. The molecule has 0 radical (unpaired) electrons. The number of nitrogen functional groups attached to an aromatic ring is 1. The van der Waals surface area contributed by atoms with Gasteiger partial charge in [-0.05, 0) is 76.2 Å². The zero-order valence-electron chi connectivity index (χ0n) is 23.3. The number of nitrogens with one attached hydrogen (secondary N) is 1. The molecule has 0 saturated carbocycles. The van der Waals surface area contributed by atoms with E-state index >= 15 is 0 Å². The molecule has 12 heteroatoms. The van der Waals surface area contributed by atoms with E-state index in [-0.39, 0.29) is 24.5 Å². The smallest absolute Gasteiger partial charge is 0.407 e. The molecule has 2 saturated heterocycles. The Morgan fingerprint density at radius 1 is 1.07 bits per heavy atom. The standard InChI is InChI=1S/C29H37Cl3N4O5/c1-29(25-8-3-4-11-36(25)28(38)39,17-41-23-7-5-6-20(30)26(23)32)35-12-9-18(10-13-35)16-34-27(37)19-14-21(31)22(33)15-24(19)40-2/h5-7,14-15,18,25H,3-4,8-13,16-17,33H2,1-2H3,(H,34,37)(H,38,39). The summed E-state index contributed by atoms with van der Waals surface area (Å²) in [7, 11) is 1.48. The molecule has 2 unspecified atom stereocenters. The number of nitrogens with two attached hydrogens (primary N) is 1. The van der Waals surface area contributed by atoms with Gasteiger partial charge in [-0.1, -0.05) is 40.9 Å². The zero-order chi connectivity index (χ0) is 29.7. The van der Waals surface area contributed by atoms with Crippen LogP contribution in [0.1, 0.15) is 49.4 Å². The number of piperidine rings is 2. The first-order valence-electron chi connectivity index (χ1n) is 13.8. The van der Waals surface area contributed by atoms with Crippen LogP contribution in [0.15, 0.2) is 30.3 Å². The second-order valence-electron chi connectivity index (χ2n) is 10.9. The lowest BCUT2D eigenvalue weighted by Crippen LogP contribution is -2.66. The van der Waals surface area contributed by atoms with Gasteiger partial charge in [-0.15, -0.1) is 0 Å². The van der Waals surface area contributed by atoms with E-state index in [0.717, 1.165) is 45.2 Å². The van der Waals surface area contributed by atoms with Gasteiger partial charge in [0, 0.05) is 19.2 Å². The molecule has 2 amide bonds. The van der Waals surface area contributed by atoms with E-state index in [1.54, 1.807) is 29.2 Å². The SMILES string of the molecule is COc1cc(N)c(Cl)cc1C(=O)NCC1CCN(C(C)(COc2cccc(Cl)c2Cl)C2CCCCN2C(=O)O)CC1. The maximum absolute atomic E-state index is 12.9. The second-order valence-corrected chi connectivity index (χ2v) is 12.1. The molecule has 2 aromatic rings. The molecule has 41 heavy (non-hydrogen) atoms. The van der Waals surface area contributed by atoms with Gasteiger partial charge in [0.25, 0.3) is 5.91 Å². The van der Waals surface area contributed by atoms with Gasteiger partial charge in [0.05, 0.1) is 40.0 Å². The van der Waals surface area contributed by atoms with E-state index in [1.165, 1.54) is 13.2 Å². The highest BCUT2D eigenvalue weighted by atomic mass is 35.5. The Hall–Kier alpha value is -2.59. The van der Waals surface area contributed by atoms with Gasteiger partial charge in [-0.25, -0.2) is 4.79 Å². The van der Waals surface area contributed by atoms with Gasteiger partial charge in [0.15, 0.2) is 0 Å². The third-order valence-electron chi connectivity index (χ3n) is 8.35. The van der Waals surface area contributed by atoms with Crippen molar-refractivity contribution in [2.24, 2.45) is 5.92 Å². The van der Waals surface area contributed by atoms with Crippen LogP contribution < -0.4 is 20.5 Å². The summed E-state index contributed by atoms with van der Waals surface area (Å²) in [6.45, 7) is 4.77. The summed E-state index contributed by atoms with van der Waals surface area (Å²) in [6.07, 6.45) is 3.27. The van der Waals surface area contributed by atoms with E-state index in [0.29, 0.717) is 50.9 Å². The van der Waals surface area contributed by atoms with E-state index in [2.05, 4.69) is 17.1 Å². The van der Waals surface area contributed by atoms with Crippen molar-refractivity contribution in [2.75, 3.05) is 45.6 Å². The summed E-state index contributed by atoms with van der Waals surface area (Å²) in [4.78, 5) is 29.1. The van der Waals surface area contributed by atoms with Crippen LogP contribution in [0.5, 0.6) is 11.5 Å². The largest absolute Gasteiger partial charge is 0.496 e. The number of halogens is 3. The molecule has 0 spiro atoms. The molecular formula is C29H37Cl3N4O5. The number of anilines is 1. The maximum atomic E-state index is 12.9. The molecule has 2 fully saturated rings. The van der Waals surface area contributed by atoms with Crippen molar-refractivity contribution < 1.29 is 24.2 Å². The molecule has 9 nitrogen and oxygen atoms in total. The number of carbonyl (C=O) groups excluding carboxylic acids is 1. The fourth-order valence-electron chi connectivity index (χ4n) is 5.92. The van der Waals surface area contributed by atoms with Crippen LogP contribution >= 0.6 is 34.8 Å². The predicted octanol–water partition coefficient (Wildman–Crippen LogP) is 6.05. The minimum Gasteiger partial charge on any atom is -0.496 e. The Bertz CT molecular complexity index is 1260. The van der Waals surface area contributed by atoms with Gasteiger partial charge < -0.3 is 30.5 Å². The maximum Gasteiger partial charge on any atom is 0.407 e. The summed E-state index contributed by atoms with van der Waals surface area (Å²) in [5.74, 6) is 0.811. The van der Waals surface area contributed by atoms with E-state index in [1.807, 2.05) is 0 Å². The Labute approximate surface area is 255 Å². The minimum absolute atomic E-state index is 0.245. The van der Waals surface area contributed by atoms with Crippen LogP contribution in [0.2, 0.25) is 15.1 Å². The summed E-state index contributed by atoms with van der Waals surface area (Å²) in [5.41, 5.74) is 5.92. The molecule has 2 aromatic carbocycles. The topological polar surface area (TPSA) is 117 Å². The van der Waals surface area contributed by atoms with E-state index in [9.17, 15) is 14.7 Å². The Balaban J connectivity index is 1.45. The van der Waals surface area contributed by atoms with Crippen molar-refractivity contribution >= 4 is 52.5 Å². The lowest BCUT2D eigenvalue weighted by atomic mass is 9.81. The normalized spacial score (nSPS) is 19.8. The fraction of sp³-hybridized carbons (Fsp3) is 0.517. The van der Waals surface area contributed by atoms with Crippen molar-refractivity contribution in [1.82, 2.24) is 15.1 Å². The number of carbonyl (C=O) groups is 2. The van der Waals surface area contributed by atoms with Crippen LogP contribution in [-0.4, -0.2) is 78.4 Å². The van der Waals surface area contributed by atoms with Gasteiger partial charge in [-0.2, -0.15) is 0 Å². The molecule has 2 aliphatic rings. The third kappa shape index (κ3) is 7.08. The molecule has 2 atom stereocenters. The summed E-state index contributed by atoms with van der Waals surface area (Å²) >= 11 is 18.7. The number of methoxy groups -OCH3 is 1.